The van der Waals surface area contributed by atoms with Gasteiger partial charge in [0.15, 0.2) is 0 Å². The molecular weight excluding hydrogens is 1080 g/mol. The number of para-hydroxylation sites is 4. The topological polar surface area (TPSA) is 9.86 Å². The molecule has 4 aromatic heterocycles. The summed E-state index contributed by atoms with van der Waals surface area (Å²) in [6.45, 7) is 9.40. The molecule has 4 heterocycles. The minimum absolute atomic E-state index is 0.0475. The normalized spacial score (nSPS) is 13.8. The van der Waals surface area contributed by atoms with Gasteiger partial charge in [0, 0.05) is 63.3 Å². The molecule has 0 N–H and O–H groups in total. The maximum Gasteiger partial charge on any atom is 0.0541 e. The van der Waals surface area contributed by atoms with E-state index in [0.29, 0.717) is 0 Å². The van der Waals surface area contributed by atoms with Crippen LogP contribution in [0.4, 0.5) is 0 Å². The maximum atomic E-state index is 2.65. The Morgan fingerprint density at radius 2 is 0.570 bits per heavy atom. The van der Waals surface area contributed by atoms with Crippen LogP contribution in [-0.4, -0.2) is 9.13 Å². The minimum atomic E-state index is -0.0475. The zero-order chi connectivity index (χ0) is 58.2. The van der Waals surface area contributed by atoms with E-state index in [1.165, 1.54) is 236 Å². The standard InChI is InChI=1S/C82H84N2S2/c1-5-9-13-25-49-81(50-26-14-10-6-2)69-53-57(37-41-61(69)63-43-39-59(55-71(63)81)83-73-33-21-17-29-65(73)66-30-18-22-34-74(66)83)77-45-47-79(85-77)80-48-46-78(86-80)58-38-42-62-64-44-40-60(84-75-35-23-19-31-67(75)68-32-20-24-36-76(68)84)56-72(64)82(70(62)54-58,51-27-15-11-7-3)52-28-16-12-8-4/h17-24,29-48,53-56H,5-16,25-28,49-52H2,1-4H3. The van der Waals surface area contributed by atoms with Gasteiger partial charge in [-0.2, -0.15) is 0 Å². The smallest absolute Gasteiger partial charge is 0.0541 e. The van der Waals surface area contributed by atoms with E-state index < -0.39 is 0 Å². The molecule has 2 aliphatic carbocycles. The highest BCUT2D eigenvalue weighted by atomic mass is 32.1. The van der Waals surface area contributed by atoms with E-state index in [9.17, 15) is 0 Å². The molecule has 0 saturated heterocycles. The van der Waals surface area contributed by atoms with Crippen LogP contribution in [-0.2, 0) is 10.8 Å². The van der Waals surface area contributed by atoms with Gasteiger partial charge in [0.1, 0.15) is 0 Å². The van der Waals surface area contributed by atoms with Crippen molar-refractivity contribution < 1.29 is 0 Å². The molecule has 4 heteroatoms. The second-order valence-electron chi connectivity index (χ2n) is 25.5. The monoisotopic (exact) mass is 1160 g/mol. The van der Waals surface area contributed by atoms with E-state index in [1.807, 2.05) is 22.7 Å². The molecule has 0 amide bonds. The summed E-state index contributed by atoms with van der Waals surface area (Å²) in [4.78, 5) is 5.43. The number of benzene rings is 8. The van der Waals surface area contributed by atoms with Crippen molar-refractivity contribution in [2.75, 3.05) is 0 Å². The number of nitrogens with zero attached hydrogens (tertiary/aromatic N) is 2. The van der Waals surface area contributed by atoms with Crippen molar-refractivity contribution in [3.63, 3.8) is 0 Å². The van der Waals surface area contributed by atoms with Crippen molar-refractivity contribution in [3.8, 4) is 64.3 Å². The zero-order valence-electron chi connectivity index (χ0n) is 51.3. The molecule has 86 heavy (non-hydrogen) atoms. The fourth-order valence-corrected chi connectivity index (χ4v) is 18.0. The first-order valence-corrected chi connectivity index (χ1v) is 34.9. The van der Waals surface area contributed by atoms with E-state index >= 15 is 0 Å². The van der Waals surface area contributed by atoms with Gasteiger partial charge in [-0.05, 0) is 166 Å². The average Bonchev–Trinajstić information content (AvgIpc) is 1.71. The van der Waals surface area contributed by atoms with Crippen molar-refractivity contribution in [2.24, 2.45) is 0 Å². The van der Waals surface area contributed by atoms with Crippen LogP contribution in [0.2, 0.25) is 0 Å². The van der Waals surface area contributed by atoms with Crippen LogP contribution in [0.1, 0.15) is 178 Å². The Morgan fingerprint density at radius 3 is 0.895 bits per heavy atom. The summed E-state index contributed by atoms with van der Waals surface area (Å²) in [6, 6.07) is 75.8. The zero-order valence-corrected chi connectivity index (χ0v) is 53.0. The molecule has 2 nitrogen and oxygen atoms in total. The molecule has 0 radical (unpaired) electrons. The van der Waals surface area contributed by atoms with E-state index in [0.717, 1.165) is 0 Å². The molecule has 0 atom stereocenters. The highest BCUT2D eigenvalue weighted by Crippen LogP contribution is 2.58. The van der Waals surface area contributed by atoms with Gasteiger partial charge in [0.25, 0.3) is 0 Å². The van der Waals surface area contributed by atoms with E-state index in [1.54, 1.807) is 22.3 Å². The van der Waals surface area contributed by atoms with Gasteiger partial charge in [0.05, 0.1) is 22.1 Å². The van der Waals surface area contributed by atoms with Gasteiger partial charge >= 0.3 is 0 Å². The summed E-state index contributed by atoms with van der Waals surface area (Å²) >= 11 is 3.95. The van der Waals surface area contributed by atoms with Gasteiger partial charge in [-0.3, -0.25) is 0 Å². The SMILES string of the molecule is CCCCCCC1(CCCCCC)c2cc(-c3ccc(-c4ccc(-c5ccc6c(c5)C(CCCCCC)(CCCCCC)c5cc(-n7c8ccccc8c8ccccc87)ccc5-6)s4)s3)ccc2-c2ccc(-n3c4ccccc4c4ccccc43)cc21. The molecule has 0 saturated carbocycles. The second kappa shape index (κ2) is 24.5. The van der Waals surface area contributed by atoms with Crippen LogP contribution < -0.4 is 0 Å². The van der Waals surface area contributed by atoms with E-state index in [2.05, 4.69) is 231 Å². The summed E-state index contributed by atoms with van der Waals surface area (Å²) < 4.78 is 5.07. The molecule has 8 aromatic carbocycles. The van der Waals surface area contributed by atoms with Gasteiger partial charge in [-0.25, -0.2) is 0 Å². The fourth-order valence-electron chi connectivity index (χ4n) is 15.9. The van der Waals surface area contributed by atoms with Crippen LogP contribution in [0, 0.1) is 0 Å². The van der Waals surface area contributed by atoms with Crippen molar-refractivity contribution >= 4 is 66.3 Å². The molecule has 0 bridgehead atoms. The van der Waals surface area contributed by atoms with Crippen molar-refractivity contribution in [3.05, 3.63) is 216 Å². The van der Waals surface area contributed by atoms with Crippen molar-refractivity contribution in [1.82, 2.24) is 9.13 Å². The largest absolute Gasteiger partial charge is 0.309 e. The Kier molecular flexibility index (Phi) is 16.1. The molecule has 434 valence electrons. The van der Waals surface area contributed by atoms with Crippen LogP contribution in [0.3, 0.4) is 0 Å². The minimum Gasteiger partial charge on any atom is -0.309 e. The van der Waals surface area contributed by atoms with Crippen LogP contribution in [0.15, 0.2) is 194 Å². The highest BCUT2D eigenvalue weighted by Gasteiger charge is 2.44. The number of unbranched alkanes of at least 4 members (excludes halogenated alkanes) is 12. The fraction of sp³-hybridized carbons (Fsp3) is 0.317. The average molecular weight is 1160 g/mol. The maximum absolute atomic E-state index is 2.65. The Morgan fingerprint density at radius 1 is 0.279 bits per heavy atom. The number of hydrogen-bond acceptors (Lipinski definition) is 2. The predicted molar refractivity (Wildman–Crippen MR) is 375 cm³/mol. The quantitative estimate of drug-likeness (QED) is 0.0505. The summed E-state index contributed by atoms with van der Waals surface area (Å²) in [5.74, 6) is 0. The molecule has 0 spiro atoms. The van der Waals surface area contributed by atoms with E-state index in [-0.39, 0.29) is 10.8 Å². The van der Waals surface area contributed by atoms with Crippen molar-refractivity contribution in [1.29, 1.82) is 0 Å². The Labute approximate surface area is 519 Å². The number of thiophene rings is 2. The number of fused-ring (bicyclic) bond motifs is 12. The lowest BCUT2D eigenvalue weighted by Gasteiger charge is -2.33. The Hall–Kier alpha value is -7.24. The predicted octanol–water partition coefficient (Wildman–Crippen LogP) is 25.4. The Balaban J connectivity index is 0.816. The number of rotatable bonds is 25. The first-order chi connectivity index (χ1) is 42.5. The lowest BCUT2D eigenvalue weighted by Crippen LogP contribution is -2.26. The summed E-state index contributed by atoms with van der Waals surface area (Å²) in [7, 11) is 0. The molecular formula is C82H84N2S2. The summed E-state index contributed by atoms with van der Waals surface area (Å²) in [5, 5.41) is 5.28. The van der Waals surface area contributed by atoms with Crippen molar-refractivity contribution in [2.45, 2.75) is 167 Å². The third-order valence-corrected chi connectivity index (χ3v) is 22.7. The molecule has 12 aromatic rings. The van der Waals surface area contributed by atoms with Gasteiger partial charge in [0.2, 0.25) is 0 Å². The molecule has 0 unspecified atom stereocenters. The van der Waals surface area contributed by atoms with Gasteiger partial charge in [-0.15, -0.1) is 22.7 Å². The lowest BCUT2D eigenvalue weighted by molar-refractivity contribution is 0.401. The molecule has 14 rings (SSSR count). The van der Waals surface area contributed by atoms with Gasteiger partial charge in [-0.1, -0.05) is 240 Å². The number of aromatic nitrogens is 2. The lowest BCUT2D eigenvalue weighted by atomic mass is 9.70. The Bertz CT molecular complexity index is 3990. The molecule has 0 fully saturated rings. The number of hydrogen-bond donors (Lipinski definition) is 0. The van der Waals surface area contributed by atoms with Crippen LogP contribution in [0.25, 0.3) is 108 Å². The third-order valence-electron chi connectivity index (χ3n) is 20.2. The summed E-state index contributed by atoms with van der Waals surface area (Å²) in [6.07, 6.45) is 25.0. The van der Waals surface area contributed by atoms with Crippen LogP contribution >= 0.6 is 22.7 Å². The van der Waals surface area contributed by atoms with Gasteiger partial charge < -0.3 is 9.13 Å². The van der Waals surface area contributed by atoms with Crippen LogP contribution in [0.5, 0.6) is 0 Å². The highest BCUT2D eigenvalue weighted by molar-refractivity contribution is 7.25. The second-order valence-corrected chi connectivity index (χ2v) is 27.6. The first-order valence-electron chi connectivity index (χ1n) is 33.2. The summed E-state index contributed by atoms with van der Waals surface area (Å²) in [5.41, 5.74) is 22.2. The molecule has 0 aliphatic heterocycles. The molecule has 2 aliphatic rings. The third kappa shape index (κ3) is 9.92. The van der Waals surface area contributed by atoms with E-state index in [4.69, 9.17) is 0 Å². The first kappa shape index (κ1) is 56.6.